The molecule has 0 unspecified atom stereocenters. The van der Waals surface area contributed by atoms with Crippen LogP contribution in [0.2, 0.25) is 15.1 Å². The molecule has 25 heavy (non-hydrogen) atoms. The van der Waals surface area contributed by atoms with Crippen LogP contribution in [0.4, 0.5) is 0 Å². The number of halogens is 3. The Kier molecular flexibility index (Phi) is 5.89. The van der Waals surface area contributed by atoms with E-state index < -0.39 is 0 Å². The van der Waals surface area contributed by atoms with Gasteiger partial charge in [0.2, 0.25) is 0 Å². The minimum atomic E-state index is -0.0697. The van der Waals surface area contributed by atoms with Crippen molar-refractivity contribution in [3.63, 3.8) is 0 Å². The first-order chi connectivity index (χ1) is 12.0. The quantitative estimate of drug-likeness (QED) is 0.782. The van der Waals surface area contributed by atoms with E-state index in [9.17, 15) is 4.79 Å². The van der Waals surface area contributed by atoms with Crippen molar-refractivity contribution in [3.05, 3.63) is 50.7 Å². The van der Waals surface area contributed by atoms with Gasteiger partial charge in [-0.15, -0.1) is 0 Å². The maximum Gasteiger partial charge on any atom is 0.273 e. The topological polar surface area (TPSA) is 41.4 Å². The monoisotopic (exact) mass is 400 g/mol. The molecule has 1 aliphatic heterocycles. The summed E-state index contributed by atoms with van der Waals surface area (Å²) in [6.45, 7) is 5.99. The van der Waals surface area contributed by atoms with Gasteiger partial charge in [-0.05, 0) is 19.1 Å². The Labute approximate surface area is 162 Å². The summed E-state index contributed by atoms with van der Waals surface area (Å²) < 4.78 is 1.64. The maximum atomic E-state index is 12.8. The zero-order valence-electron chi connectivity index (χ0n) is 13.9. The van der Waals surface area contributed by atoms with Gasteiger partial charge < -0.3 is 4.90 Å². The molecule has 0 spiro atoms. The maximum absolute atomic E-state index is 12.8. The van der Waals surface area contributed by atoms with Crippen LogP contribution in [0.5, 0.6) is 0 Å². The zero-order chi connectivity index (χ0) is 18.0. The Hall–Kier alpha value is -1.27. The summed E-state index contributed by atoms with van der Waals surface area (Å²) in [4.78, 5) is 16.8. The molecule has 3 rings (SSSR count). The highest BCUT2D eigenvalue weighted by molar-refractivity contribution is 6.36. The summed E-state index contributed by atoms with van der Waals surface area (Å²) in [5, 5.41) is 5.88. The van der Waals surface area contributed by atoms with Crippen molar-refractivity contribution in [2.75, 3.05) is 26.2 Å². The summed E-state index contributed by atoms with van der Waals surface area (Å²) in [5.74, 6) is -0.0697. The highest BCUT2D eigenvalue weighted by Gasteiger charge is 2.27. The van der Waals surface area contributed by atoms with E-state index in [0.717, 1.165) is 18.7 Å². The van der Waals surface area contributed by atoms with Crippen LogP contribution in [0.3, 0.4) is 0 Å². The number of rotatable bonds is 4. The van der Waals surface area contributed by atoms with Crippen LogP contribution in [0.25, 0.3) is 0 Å². The lowest BCUT2D eigenvalue weighted by Crippen LogP contribution is -2.48. The van der Waals surface area contributed by atoms with Crippen molar-refractivity contribution in [1.29, 1.82) is 0 Å². The third kappa shape index (κ3) is 3.95. The van der Waals surface area contributed by atoms with E-state index in [-0.39, 0.29) is 5.91 Å². The summed E-state index contributed by atoms with van der Waals surface area (Å²) in [6.07, 6.45) is 1.52. The molecule has 1 fully saturated rings. The number of hydrogen-bond donors (Lipinski definition) is 0. The third-order valence-corrected chi connectivity index (χ3v) is 5.38. The van der Waals surface area contributed by atoms with Gasteiger partial charge in [-0.1, -0.05) is 40.9 Å². The lowest BCUT2D eigenvalue weighted by atomic mass is 10.2. The Balaban J connectivity index is 1.64. The Morgan fingerprint density at radius 2 is 1.72 bits per heavy atom. The van der Waals surface area contributed by atoms with E-state index in [4.69, 9.17) is 34.8 Å². The zero-order valence-corrected chi connectivity index (χ0v) is 16.2. The molecule has 2 heterocycles. The second-order valence-electron chi connectivity index (χ2n) is 5.93. The van der Waals surface area contributed by atoms with E-state index in [0.29, 0.717) is 46.9 Å². The summed E-state index contributed by atoms with van der Waals surface area (Å²) in [6, 6.07) is 5.53. The van der Waals surface area contributed by atoms with Gasteiger partial charge in [0.15, 0.2) is 0 Å². The molecule has 1 aromatic heterocycles. The number of piperazine rings is 1. The molecule has 134 valence electrons. The van der Waals surface area contributed by atoms with E-state index in [1.807, 2.05) is 30.0 Å². The number of hydrogen-bond acceptors (Lipinski definition) is 3. The Morgan fingerprint density at radius 1 is 1.08 bits per heavy atom. The molecule has 8 heteroatoms. The Bertz CT molecular complexity index is 749. The van der Waals surface area contributed by atoms with Crippen LogP contribution in [0.15, 0.2) is 24.4 Å². The lowest BCUT2D eigenvalue weighted by molar-refractivity contribution is 0.0616. The minimum absolute atomic E-state index is 0.0697. The van der Waals surface area contributed by atoms with Crippen molar-refractivity contribution in [2.24, 2.45) is 0 Å². The molecule has 0 atom stereocenters. The number of aromatic nitrogens is 2. The molecule has 0 N–H and O–H groups in total. The first-order valence-electron chi connectivity index (χ1n) is 8.17. The lowest BCUT2D eigenvalue weighted by Gasteiger charge is -2.35. The number of amides is 1. The molecule has 1 amide bonds. The molecule has 0 radical (unpaired) electrons. The van der Waals surface area contributed by atoms with Crippen molar-refractivity contribution in [1.82, 2.24) is 19.6 Å². The van der Waals surface area contributed by atoms with E-state index in [1.165, 1.54) is 6.20 Å². The number of carbonyl (C=O) groups excluding carboxylic acids is 1. The molecular weight excluding hydrogens is 383 g/mol. The number of carbonyl (C=O) groups is 1. The van der Waals surface area contributed by atoms with Crippen LogP contribution >= 0.6 is 34.8 Å². The average Bonchev–Trinajstić information content (AvgIpc) is 2.99. The van der Waals surface area contributed by atoms with Crippen molar-refractivity contribution in [3.8, 4) is 0 Å². The normalized spacial score (nSPS) is 15.6. The fourth-order valence-corrected chi connectivity index (χ4v) is 3.72. The van der Waals surface area contributed by atoms with Gasteiger partial charge in [-0.2, -0.15) is 5.10 Å². The standard InChI is InChI=1S/C17H19Cl3N4O/c1-2-24-16(15(20)10-21-24)17(25)23-8-6-22(7-9-23)11-12-13(18)4-3-5-14(12)19/h3-5,10H,2,6-9,11H2,1H3. The van der Waals surface area contributed by atoms with Gasteiger partial charge in [-0.3, -0.25) is 14.4 Å². The van der Waals surface area contributed by atoms with Crippen molar-refractivity contribution in [2.45, 2.75) is 20.0 Å². The molecule has 1 aromatic carbocycles. The second kappa shape index (κ2) is 7.96. The highest BCUT2D eigenvalue weighted by atomic mass is 35.5. The van der Waals surface area contributed by atoms with Crippen LogP contribution in [-0.4, -0.2) is 51.7 Å². The molecule has 0 aliphatic carbocycles. The predicted octanol–water partition coefficient (Wildman–Crippen LogP) is 3.82. The van der Waals surface area contributed by atoms with E-state index >= 15 is 0 Å². The predicted molar refractivity (Wildman–Crippen MR) is 101 cm³/mol. The van der Waals surface area contributed by atoms with E-state index in [2.05, 4.69) is 10.00 Å². The molecule has 0 saturated carbocycles. The summed E-state index contributed by atoms with van der Waals surface area (Å²) in [7, 11) is 0. The van der Waals surface area contributed by atoms with Crippen LogP contribution < -0.4 is 0 Å². The minimum Gasteiger partial charge on any atom is -0.335 e. The largest absolute Gasteiger partial charge is 0.335 e. The first-order valence-corrected chi connectivity index (χ1v) is 9.30. The van der Waals surface area contributed by atoms with Gasteiger partial charge >= 0.3 is 0 Å². The second-order valence-corrected chi connectivity index (χ2v) is 7.15. The number of aryl methyl sites for hydroxylation is 1. The third-order valence-electron chi connectivity index (χ3n) is 4.40. The highest BCUT2D eigenvalue weighted by Crippen LogP contribution is 2.26. The summed E-state index contributed by atoms with van der Waals surface area (Å²) >= 11 is 18.6. The smallest absolute Gasteiger partial charge is 0.273 e. The molecule has 5 nitrogen and oxygen atoms in total. The van der Waals surface area contributed by atoms with Crippen molar-refractivity contribution >= 4 is 40.7 Å². The Morgan fingerprint density at radius 3 is 2.32 bits per heavy atom. The number of benzene rings is 1. The van der Waals surface area contributed by atoms with Gasteiger partial charge in [0.25, 0.3) is 5.91 Å². The van der Waals surface area contributed by atoms with Gasteiger partial charge in [0, 0.05) is 54.9 Å². The summed E-state index contributed by atoms with van der Waals surface area (Å²) in [5.41, 5.74) is 1.39. The molecule has 1 saturated heterocycles. The average molecular weight is 402 g/mol. The van der Waals surface area contributed by atoms with E-state index in [1.54, 1.807) is 4.68 Å². The first kappa shape index (κ1) is 18.5. The SMILES string of the molecule is CCn1ncc(Cl)c1C(=O)N1CCN(Cc2c(Cl)cccc2Cl)CC1. The fraction of sp³-hybridized carbons (Fsp3) is 0.412. The molecule has 2 aromatic rings. The fourth-order valence-electron chi connectivity index (χ4n) is 2.98. The van der Waals surface area contributed by atoms with Gasteiger partial charge in [-0.25, -0.2) is 0 Å². The van der Waals surface area contributed by atoms with Crippen LogP contribution in [0, 0.1) is 0 Å². The van der Waals surface area contributed by atoms with Crippen LogP contribution in [0.1, 0.15) is 23.0 Å². The molecular formula is C17H19Cl3N4O. The van der Waals surface area contributed by atoms with Gasteiger partial charge in [0.05, 0.1) is 11.2 Å². The molecule has 1 aliphatic rings. The molecule has 0 bridgehead atoms. The number of nitrogens with zero attached hydrogens (tertiary/aromatic N) is 4. The van der Waals surface area contributed by atoms with Gasteiger partial charge in [0.1, 0.15) is 5.69 Å². The van der Waals surface area contributed by atoms with Crippen molar-refractivity contribution < 1.29 is 4.79 Å². The van der Waals surface area contributed by atoms with Crippen LogP contribution in [-0.2, 0) is 13.1 Å².